The summed E-state index contributed by atoms with van der Waals surface area (Å²) in [6.07, 6.45) is 3.04. The maximum atomic E-state index is 11.9. The van der Waals surface area contributed by atoms with Gasteiger partial charge in [-0.15, -0.1) is 0 Å². The molecule has 0 bridgehead atoms. The zero-order valence-corrected chi connectivity index (χ0v) is 11.2. The van der Waals surface area contributed by atoms with Crippen LogP contribution in [0.5, 0.6) is 0 Å². The molecule has 2 atom stereocenters. The summed E-state index contributed by atoms with van der Waals surface area (Å²) < 4.78 is 11.0. The van der Waals surface area contributed by atoms with Gasteiger partial charge >= 0.3 is 5.97 Å². The van der Waals surface area contributed by atoms with Crippen molar-refractivity contribution in [3.8, 4) is 0 Å². The van der Waals surface area contributed by atoms with Crippen LogP contribution in [0.3, 0.4) is 0 Å². The van der Waals surface area contributed by atoms with Crippen molar-refractivity contribution >= 4 is 17.6 Å². The second kappa shape index (κ2) is 5.67. The van der Waals surface area contributed by atoms with Gasteiger partial charge in [0, 0.05) is 24.1 Å². The highest BCUT2D eigenvalue weighted by molar-refractivity contribution is 6.30. The molecule has 18 heavy (non-hydrogen) atoms. The minimum absolute atomic E-state index is 0.110. The van der Waals surface area contributed by atoms with Crippen molar-refractivity contribution in [2.45, 2.75) is 45.0 Å². The first kappa shape index (κ1) is 13.3. The molecule has 0 aliphatic carbocycles. The molecule has 2 heterocycles. The van der Waals surface area contributed by atoms with E-state index >= 15 is 0 Å². The average Bonchev–Trinajstić information content (AvgIpc) is 2.27. The van der Waals surface area contributed by atoms with Gasteiger partial charge in [0.2, 0.25) is 0 Å². The Kier molecular flexibility index (Phi) is 4.19. The molecule has 4 nitrogen and oxygen atoms in total. The number of halogens is 1. The molecule has 1 aliphatic heterocycles. The largest absolute Gasteiger partial charge is 0.457 e. The number of carbonyl (C=O) groups is 1. The van der Waals surface area contributed by atoms with Gasteiger partial charge in [-0.05, 0) is 26.0 Å². The smallest absolute Gasteiger partial charge is 0.357 e. The predicted octanol–water partition coefficient (Wildman–Crippen LogP) is 2.85. The highest BCUT2D eigenvalue weighted by Gasteiger charge is 2.27. The molecule has 1 saturated heterocycles. The van der Waals surface area contributed by atoms with Crippen molar-refractivity contribution in [1.29, 1.82) is 0 Å². The van der Waals surface area contributed by atoms with Crippen LogP contribution in [-0.4, -0.2) is 29.3 Å². The maximum Gasteiger partial charge on any atom is 0.357 e. The third-order valence-electron chi connectivity index (χ3n) is 2.86. The van der Waals surface area contributed by atoms with Crippen molar-refractivity contribution < 1.29 is 14.3 Å². The van der Waals surface area contributed by atoms with Crippen LogP contribution in [0.1, 0.15) is 37.2 Å². The topological polar surface area (TPSA) is 48.4 Å². The maximum absolute atomic E-state index is 11.9. The lowest BCUT2D eigenvalue weighted by atomic mass is 10.0. The lowest BCUT2D eigenvalue weighted by Gasteiger charge is -2.31. The van der Waals surface area contributed by atoms with E-state index in [1.807, 2.05) is 13.8 Å². The van der Waals surface area contributed by atoms with Crippen LogP contribution in [0.25, 0.3) is 0 Å². The van der Waals surface area contributed by atoms with Crippen molar-refractivity contribution in [3.05, 3.63) is 29.0 Å². The molecule has 0 aromatic carbocycles. The van der Waals surface area contributed by atoms with Gasteiger partial charge < -0.3 is 9.47 Å². The monoisotopic (exact) mass is 269 g/mol. The van der Waals surface area contributed by atoms with Gasteiger partial charge in [-0.1, -0.05) is 11.6 Å². The van der Waals surface area contributed by atoms with Crippen LogP contribution in [0.2, 0.25) is 5.02 Å². The SMILES string of the molecule is CC1CC(OC(=O)c2cc(Cl)ccn2)CC(C)O1. The molecule has 1 aromatic heterocycles. The highest BCUT2D eigenvalue weighted by atomic mass is 35.5. The average molecular weight is 270 g/mol. The van der Waals surface area contributed by atoms with E-state index in [1.165, 1.54) is 12.3 Å². The van der Waals surface area contributed by atoms with Crippen LogP contribution in [0.15, 0.2) is 18.3 Å². The molecule has 0 N–H and O–H groups in total. The third kappa shape index (κ3) is 3.43. The molecule has 0 spiro atoms. The lowest BCUT2D eigenvalue weighted by Crippen LogP contribution is -2.35. The molecule has 1 aromatic rings. The summed E-state index contributed by atoms with van der Waals surface area (Å²) in [6.45, 7) is 3.96. The van der Waals surface area contributed by atoms with E-state index in [9.17, 15) is 4.79 Å². The standard InChI is InChI=1S/C13H16ClNO3/c1-8-5-11(6-9(2)17-8)18-13(16)12-7-10(14)3-4-15-12/h3-4,7-9,11H,5-6H2,1-2H3. The number of hydrogen-bond acceptors (Lipinski definition) is 4. The van der Waals surface area contributed by atoms with E-state index in [0.29, 0.717) is 5.02 Å². The Morgan fingerprint density at radius 2 is 2.11 bits per heavy atom. The number of pyridine rings is 1. The molecule has 2 rings (SSSR count). The number of nitrogens with zero attached hydrogens (tertiary/aromatic N) is 1. The van der Waals surface area contributed by atoms with E-state index < -0.39 is 5.97 Å². The van der Waals surface area contributed by atoms with Crippen LogP contribution in [0, 0.1) is 0 Å². The van der Waals surface area contributed by atoms with E-state index in [1.54, 1.807) is 6.07 Å². The Hall–Kier alpha value is -1.13. The summed E-state index contributed by atoms with van der Waals surface area (Å²) in [7, 11) is 0. The number of carbonyl (C=O) groups excluding carboxylic acids is 1. The second-order valence-corrected chi connectivity index (χ2v) is 5.05. The van der Waals surface area contributed by atoms with Gasteiger partial charge in [0.15, 0.2) is 0 Å². The minimum atomic E-state index is -0.427. The van der Waals surface area contributed by atoms with Crippen LogP contribution in [-0.2, 0) is 9.47 Å². The first-order valence-corrected chi connectivity index (χ1v) is 6.40. The van der Waals surface area contributed by atoms with E-state index in [4.69, 9.17) is 21.1 Å². The number of ether oxygens (including phenoxy) is 2. The summed E-state index contributed by atoms with van der Waals surface area (Å²) in [5.41, 5.74) is 0.245. The number of aromatic nitrogens is 1. The van der Waals surface area contributed by atoms with Crippen LogP contribution < -0.4 is 0 Å². The lowest BCUT2D eigenvalue weighted by molar-refractivity contribution is -0.0856. The predicted molar refractivity (Wildman–Crippen MR) is 67.7 cm³/mol. The normalized spacial score (nSPS) is 27.8. The Morgan fingerprint density at radius 1 is 1.44 bits per heavy atom. The number of esters is 1. The van der Waals surface area contributed by atoms with Crippen molar-refractivity contribution in [3.63, 3.8) is 0 Å². The first-order valence-electron chi connectivity index (χ1n) is 6.02. The Labute approximate surface area is 111 Å². The molecule has 1 fully saturated rings. The quantitative estimate of drug-likeness (QED) is 0.775. The molecule has 0 saturated carbocycles. The Morgan fingerprint density at radius 3 is 2.72 bits per heavy atom. The van der Waals surface area contributed by atoms with Crippen molar-refractivity contribution in [2.75, 3.05) is 0 Å². The second-order valence-electron chi connectivity index (χ2n) is 4.62. The van der Waals surface area contributed by atoms with Gasteiger partial charge in [-0.25, -0.2) is 9.78 Å². The van der Waals surface area contributed by atoms with Gasteiger partial charge in [0.05, 0.1) is 12.2 Å². The van der Waals surface area contributed by atoms with E-state index in [2.05, 4.69) is 4.98 Å². The zero-order valence-electron chi connectivity index (χ0n) is 10.4. The molecule has 5 heteroatoms. The molecule has 98 valence electrons. The Bertz CT molecular complexity index is 428. The van der Waals surface area contributed by atoms with Gasteiger partial charge in [0.1, 0.15) is 11.8 Å². The molecule has 2 unspecified atom stereocenters. The molecular formula is C13H16ClNO3. The molecule has 0 amide bonds. The number of rotatable bonds is 2. The zero-order chi connectivity index (χ0) is 13.1. The molecule has 0 radical (unpaired) electrons. The summed E-state index contributed by atoms with van der Waals surface area (Å²) >= 11 is 5.81. The molecule has 1 aliphatic rings. The van der Waals surface area contributed by atoms with Crippen LogP contribution >= 0.6 is 11.6 Å². The Balaban J connectivity index is 1.99. The van der Waals surface area contributed by atoms with Crippen LogP contribution in [0.4, 0.5) is 0 Å². The minimum Gasteiger partial charge on any atom is -0.457 e. The first-order chi connectivity index (χ1) is 8.54. The summed E-state index contributed by atoms with van der Waals surface area (Å²) in [5.74, 6) is -0.427. The van der Waals surface area contributed by atoms with Crippen molar-refractivity contribution in [1.82, 2.24) is 4.98 Å². The third-order valence-corrected chi connectivity index (χ3v) is 3.09. The van der Waals surface area contributed by atoms with E-state index in [-0.39, 0.29) is 24.0 Å². The van der Waals surface area contributed by atoms with Crippen molar-refractivity contribution in [2.24, 2.45) is 0 Å². The summed E-state index contributed by atoms with van der Waals surface area (Å²) in [5, 5.41) is 0.477. The van der Waals surface area contributed by atoms with Gasteiger partial charge in [-0.3, -0.25) is 0 Å². The fourth-order valence-electron chi connectivity index (χ4n) is 2.17. The fraction of sp³-hybridized carbons (Fsp3) is 0.538. The highest BCUT2D eigenvalue weighted by Crippen LogP contribution is 2.22. The number of hydrogen-bond donors (Lipinski definition) is 0. The molecular weight excluding hydrogens is 254 g/mol. The van der Waals surface area contributed by atoms with Gasteiger partial charge in [-0.2, -0.15) is 0 Å². The fourth-order valence-corrected chi connectivity index (χ4v) is 2.33. The van der Waals surface area contributed by atoms with Gasteiger partial charge in [0.25, 0.3) is 0 Å². The summed E-state index contributed by atoms with van der Waals surface area (Å²) in [6, 6.07) is 3.13. The summed E-state index contributed by atoms with van der Waals surface area (Å²) in [4.78, 5) is 15.8. The van der Waals surface area contributed by atoms with E-state index in [0.717, 1.165) is 12.8 Å².